The van der Waals surface area contributed by atoms with Crippen molar-refractivity contribution in [2.24, 2.45) is 0 Å². The molecule has 0 saturated heterocycles. The highest BCUT2D eigenvalue weighted by Gasteiger charge is 2.12. The number of hydrogen-bond acceptors (Lipinski definition) is 1. The molecule has 0 saturated carbocycles. The Morgan fingerprint density at radius 2 is 1.75 bits per heavy atom. The molecule has 1 aromatic rings. The van der Waals surface area contributed by atoms with Gasteiger partial charge in [-0.25, -0.2) is 0 Å². The van der Waals surface area contributed by atoms with Gasteiger partial charge in [-0.05, 0) is 45.5 Å². The maximum absolute atomic E-state index is 5.26. The van der Waals surface area contributed by atoms with Gasteiger partial charge >= 0.3 is 0 Å². The summed E-state index contributed by atoms with van der Waals surface area (Å²) >= 11 is 5.26. The number of benzene rings is 1. The Balaban J connectivity index is 2.52. The molecule has 0 unspecified atom stereocenters. The van der Waals surface area contributed by atoms with Crippen molar-refractivity contribution < 1.29 is 0 Å². The van der Waals surface area contributed by atoms with Gasteiger partial charge in [0.15, 0.2) is 5.11 Å². The summed E-state index contributed by atoms with van der Waals surface area (Å²) in [6.07, 6.45) is 0. The van der Waals surface area contributed by atoms with Gasteiger partial charge in [-0.3, -0.25) is 0 Å². The quantitative estimate of drug-likeness (QED) is 0.772. The van der Waals surface area contributed by atoms with E-state index in [1.807, 2.05) is 18.2 Å². The molecule has 0 aliphatic carbocycles. The molecule has 1 atom stereocenters. The number of rotatable bonds is 2. The van der Waals surface area contributed by atoms with E-state index in [0.717, 1.165) is 0 Å². The lowest BCUT2D eigenvalue weighted by Gasteiger charge is -2.25. The molecule has 0 spiro atoms. The van der Waals surface area contributed by atoms with E-state index in [4.69, 9.17) is 12.2 Å². The molecule has 0 bridgehead atoms. The highest BCUT2D eigenvalue weighted by Crippen LogP contribution is 2.11. The van der Waals surface area contributed by atoms with Crippen LogP contribution in [-0.4, -0.2) is 10.7 Å². The van der Waals surface area contributed by atoms with Crippen molar-refractivity contribution in [1.82, 2.24) is 10.6 Å². The van der Waals surface area contributed by atoms with Crippen LogP contribution in [0.25, 0.3) is 0 Å². The second-order valence-corrected chi connectivity index (χ2v) is 5.39. The zero-order valence-corrected chi connectivity index (χ0v) is 11.2. The van der Waals surface area contributed by atoms with Crippen LogP contribution in [0.3, 0.4) is 0 Å². The van der Waals surface area contributed by atoms with Crippen molar-refractivity contribution in [2.45, 2.75) is 39.3 Å². The SMILES string of the molecule is C[C@@H](NC(=S)NC(C)(C)C)c1ccccc1. The van der Waals surface area contributed by atoms with Crippen LogP contribution < -0.4 is 10.6 Å². The third kappa shape index (κ3) is 4.62. The average molecular weight is 236 g/mol. The lowest BCUT2D eigenvalue weighted by Crippen LogP contribution is -2.46. The summed E-state index contributed by atoms with van der Waals surface area (Å²) in [5.41, 5.74) is 1.24. The molecule has 0 amide bonds. The Kier molecular flexibility index (Phi) is 4.30. The zero-order chi connectivity index (χ0) is 12.2. The molecule has 0 radical (unpaired) electrons. The van der Waals surface area contributed by atoms with Gasteiger partial charge in [-0.2, -0.15) is 0 Å². The second-order valence-electron chi connectivity index (χ2n) is 4.98. The van der Waals surface area contributed by atoms with E-state index in [-0.39, 0.29) is 11.6 Å². The third-order valence-corrected chi connectivity index (χ3v) is 2.36. The van der Waals surface area contributed by atoms with Crippen molar-refractivity contribution in [3.63, 3.8) is 0 Å². The molecule has 0 aromatic heterocycles. The van der Waals surface area contributed by atoms with Crippen molar-refractivity contribution in [3.8, 4) is 0 Å². The van der Waals surface area contributed by atoms with E-state index < -0.39 is 0 Å². The number of hydrogen-bond donors (Lipinski definition) is 2. The van der Waals surface area contributed by atoms with Gasteiger partial charge in [-0.15, -0.1) is 0 Å². The fraction of sp³-hybridized carbons (Fsp3) is 0.462. The van der Waals surface area contributed by atoms with Crippen LogP contribution in [0, 0.1) is 0 Å². The summed E-state index contributed by atoms with van der Waals surface area (Å²) in [5.74, 6) is 0. The molecule has 0 fully saturated rings. The predicted molar refractivity (Wildman–Crippen MR) is 73.5 cm³/mol. The number of nitrogens with one attached hydrogen (secondary N) is 2. The lowest BCUT2D eigenvalue weighted by atomic mass is 10.1. The molecule has 0 heterocycles. The molecule has 3 heteroatoms. The summed E-state index contributed by atoms with van der Waals surface area (Å²) in [7, 11) is 0. The Morgan fingerprint density at radius 1 is 1.19 bits per heavy atom. The molecule has 2 N–H and O–H groups in total. The van der Waals surface area contributed by atoms with E-state index in [1.54, 1.807) is 0 Å². The van der Waals surface area contributed by atoms with Crippen LogP contribution >= 0.6 is 12.2 Å². The van der Waals surface area contributed by atoms with Crippen LogP contribution in [0.2, 0.25) is 0 Å². The van der Waals surface area contributed by atoms with E-state index >= 15 is 0 Å². The van der Waals surface area contributed by atoms with Crippen LogP contribution in [0.1, 0.15) is 39.3 Å². The van der Waals surface area contributed by atoms with Gasteiger partial charge in [0.25, 0.3) is 0 Å². The lowest BCUT2D eigenvalue weighted by molar-refractivity contribution is 0.502. The van der Waals surface area contributed by atoms with Gasteiger partial charge in [0.2, 0.25) is 0 Å². The maximum Gasteiger partial charge on any atom is 0.167 e. The van der Waals surface area contributed by atoms with E-state index in [0.29, 0.717) is 5.11 Å². The minimum Gasteiger partial charge on any atom is -0.358 e. The summed E-state index contributed by atoms with van der Waals surface area (Å²) in [4.78, 5) is 0. The Hall–Kier alpha value is -1.09. The highest BCUT2D eigenvalue weighted by atomic mass is 32.1. The monoisotopic (exact) mass is 236 g/mol. The van der Waals surface area contributed by atoms with Crippen LogP contribution in [-0.2, 0) is 0 Å². The fourth-order valence-corrected chi connectivity index (χ4v) is 1.88. The molecule has 0 aliphatic heterocycles. The Morgan fingerprint density at radius 3 is 2.25 bits per heavy atom. The minimum absolute atomic E-state index is 0.000487. The first-order valence-corrected chi connectivity index (χ1v) is 5.93. The topological polar surface area (TPSA) is 24.1 Å². The van der Waals surface area contributed by atoms with Crippen molar-refractivity contribution in [2.75, 3.05) is 0 Å². The first-order chi connectivity index (χ1) is 7.38. The van der Waals surface area contributed by atoms with Crippen LogP contribution in [0.5, 0.6) is 0 Å². The Labute approximate surface area is 103 Å². The predicted octanol–water partition coefficient (Wildman–Crippen LogP) is 3.01. The van der Waals surface area contributed by atoms with E-state index in [1.165, 1.54) is 5.56 Å². The van der Waals surface area contributed by atoms with Gasteiger partial charge < -0.3 is 10.6 Å². The maximum atomic E-state index is 5.26. The standard InChI is InChI=1S/C13H20N2S/c1-10(11-8-6-5-7-9-11)14-12(16)15-13(2,3)4/h5-10H,1-4H3,(H2,14,15,16)/t10-/m1/s1. The van der Waals surface area contributed by atoms with Gasteiger partial charge in [0, 0.05) is 5.54 Å². The normalized spacial score (nSPS) is 13.0. The molecule has 0 aliphatic rings. The fourth-order valence-electron chi connectivity index (χ4n) is 1.40. The van der Waals surface area contributed by atoms with Gasteiger partial charge in [0.05, 0.1) is 6.04 Å². The minimum atomic E-state index is 0.000487. The second kappa shape index (κ2) is 5.30. The summed E-state index contributed by atoms with van der Waals surface area (Å²) in [5, 5.41) is 7.21. The Bertz CT molecular complexity index is 341. The van der Waals surface area contributed by atoms with Gasteiger partial charge in [-0.1, -0.05) is 30.3 Å². The number of thiocarbonyl (C=S) groups is 1. The van der Waals surface area contributed by atoms with Crippen molar-refractivity contribution in [1.29, 1.82) is 0 Å². The van der Waals surface area contributed by atoms with Crippen molar-refractivity contribution >= 4 is 17.3 Å². The average Bonchev–Trinajstić information content (AvgIpc) is 2.16. The first kappa shape index (κ1) is 13.0. The molecule has 88 valence electrons. The largest absolute Gasteiger partial charge is 0.358 e. The molecule has 16 heavy (non-hydrogen) atoms. The van der Waals surface area contributed by atoms with Crippen LogP contribution in [0.15, 0.2) is 30.3 Å². The summed E-state index contributed by atoms with van der Waals surface area (Å²) in [6, 6.07) is 10.5. The third-order valence-electron chi connectivity index (χ3n) is 2.14. The summed E-state index contributed by atoms with van der Waals surface area (Å²) < 4.78 is 0. The molecular weight excluding hydrogens is 216 g/mol. The molecule has 2 nitrogen and oxygen atoms in total. The smallest absolute Gasteiger partial charge is 0.167 e. The van der Waals surface area contributed by atoms with E-state index in [9.17, 15) is 0 Å². The molecule has 1 aromatic carbocycles. The molecule has 1 rings (SSSR count). The first-order valence-electron chi connectivity index (χ1n) is 5.52. The summed E-state index contributed by atoms with van der Waals surface area (Å²) in [6.45, 7) is 8.38. The molecular formula is C13H20N2S. The van der Waals surface area contributed by atoms with Crippen LogP contribution in [0.4, 0.5) is 0 Å². The van der Waals surface area contributed by atoms with Crippen molar-refractivity contribution in [3.05, 3.63) is 35.9 Å². The van der Waals surface area contributed by atoms with E-state index in [2.05, 4.69) is 50.5 Å². The van der Waals surface area contributed by atoms with Gasteiger partial charge in [0.1, 0.15) is 0 Å². The zero-order valence-electron chi connectivity index (χ0n) is 10.4. The highest BCUT2D eigenvalue weighted by molar-refractivity contribution is 7.80.